The highest BCUT2D eigenvalue weighted by molar-refractivity contribution is 7.88. The number of fused-ring (bicyclic) bond motifs is 1. The van der Waals surface area contributed by atoms with Crippen molar-refractivity contribution in [1.29, 1.82) is 0 Å². The molecule has 0 aromatic heterocycles. The number of carbonyl (C=O) groups is 3. The number of piperazine rings is 1. The van der Waals surface area contributed by atoms with Crippen molar-refractivity contribution in [2.75, 3.05) is 31.2 Å². The van der Waals surface area contributed by atoms with Gasteiger partial charge in [0.2, 0.25) is 15.9 Å². The Hall–Kier alpha value is -4.01. The number of halogens is 3. The summed E-state index contributed by atoms with van der Waals surface area (Å²) in [5, 5.41) is 18.3. The highest BCUT2D eigenvalue weighted by Crippen LogP contribution is 2.25. The first-order chi connectivity index (χ1) is 19.6. The Morgan fingerprint density at radius 3 is 2.36 bits per heavy atom. The van der Waals surface area contributed by atoms with Crippen LogP contribution < -0.4 is 16.0 Å². The zero-order valence-corrected chi connectivity index (χ0v) is 23.8. The first-order valence-electron chi connectivity index (χ1n) is 12.8. The number of sulfonamides is 1. The van der Waals surface area contributed by atoms with Crippen molar-refractivity contribution in [3.8, 4) is 0 Å². The molecule has 14 heteroatoms. The smallest absolute Gasteiger partial charge is 0.475 e. The average molecular weight is 609 g/mol. The van der Waals surface area contributed by atoms with Crippen molar-refractivity contribution in [1.82, 2.24) is 14.9 Å². The van der Waals surface area contributed by atoms with E-state index >= 15 is 0 Å². The number of benzene rings is 3. The fourth-order valence-corrected chi connectivity index (χ4v) is 5.20. The SMILES string of the molecule is Cc1ccc(NC(=O)C2CN(S(C)(=O)=O)CCN2)cc1C(=O)N[C@H](C)c1cccc2ccccc12.O=C(O)C(F)(F)F. The van der Waals surface area contributed by atoms with Gasteiger partial charge in [-0.1, -0.05) is 48.5 Å². The van der Waals surface area contributed by atoms with Crippen molar-refractivity contribution in [2.45, 2.75) is 32.1 Å². The second-order valence-corrected chi connectivity index (χ2v) is 11.7. The molecule has 0 aliphatic carbocycles. The zero-order chi connectivity index (χ0) is 31.2. The van der Waals surface area contributed by atoms with E-state index in [1.807, 2.05) is 56.3 Å². The van der Waals surface area contributed by atoms with Gasteiger partial charge >= 0.3 is 12.1 Å². The summed E-state index contributed by atoms with van der Waals surface area (Å²) < 4.78 is 56.7. The molecule has 3 aromatic rings. The number of aliphatic carboxylic acids is 1. The molecule has 2 amide bonds. The van der Waals surface area contributed by atoms with E-state index in [0.717, 1.165) is 28.2 Å². The molecule has 1 unspecified atom stereocenters. The molecule has 1 aliphatic heterocycles. The molecule has 226 valence electrons. The summed E-state index contributed by atoms with van der Waals surface area (Å²) >= 11 is 0. The molecule has 0 radical (unpaired) electrons. The van der Waals surface area contributed by atoms with E-state index in [0.29, 0.717) is 24.3 Å². The van der Waals surface area contributed by atoms with Gasteiger partial charge in [-0.3, -0.25) is 9.59 Å². The molecule has 1 heterocycles. The van der Waals surface area contributed by atoms with Gasteiger partial charge in [-0.05, 0) is 47.9 Å². The molecule has 2 atom stereocenters. The summed E-state index contributed by atoms with van der Waals surface area (Å²) in [6.45, 7) is 4.57. The quantitative estimate of drug-likeness (QED) is 0.336. The number of carboxylic acids is 1. The van der Waals surface area contributed by atoms with Crippen LogP contribution in [0.3, 0.4) is 0 Å². The van der Waals surface area contributed by atoms with E-state index in [4.69, 9.17) is 9.90 Å². The third kappa shape index (κ3) is 8.50. The highest BCUT2D eigenvalue weighted by atomic mass is 32.2. The van der Waals surface area contributed by atoms with Crippen LogP contribution in [-0.4, -0.2) is 73.7 Å². The molecule has 1 saturated heterocycles. The normalized spacial score (nSPS) is 16.6. The van der Waals surface area contributed by atoms with Crippen molar-refractivity contribution >= 4 is 44.3 Å². The van der Waals surface area contributed by atoms with Gasteiger partial charge in [0, 0.05) is 30.9 Å². The Bertz CT molecular complexity index is 1570. The largest absolute Gasteiger partial charge is 0.490 e. The predicted molar refractivity (Wildman–Crippen MR) is 152 cm³/mol. The molecule has 42 heavy (non-hydrogen) atoms. The lowest BCUT2D eigenvalue weighted by Gasteiger charge is -2.31. The third-order valence-electron chi connectivity index (χ3n) is 6.55. The lowest BCUT2D eigenvalue weighted by atomic mass is 9.99. The summed E-state index contributed by atoms with van der Waals surface area (Å²) in [7, 11) is -3.38. The number of nitrogens with zero attached hydrogens (tertiary/aromatic N) is 1. The van der Waals surface area contributed by atoms with Crippen LogP contribution in [0, 0.1) is 6.92 Å². The Labute approximate surface area is 240 Å². The van der Waals surface area contributed by atoms with E-state index in [1.54, 1.807) is 18.2 Å². The minimum absolute atomic E-state index is 0.0619. The summed E-state index contributed by atoms with van der Waals surface area (Å²) in [5.74, 6) is -3.34. The average Bonchev–Trinajstić information content (AvgIpc) is 2.93. The Balaban J connectivity index is 0.000000616. The number of hydrogen-bond donors (Lipinski definition) is 4. The monoisotopic (exact) mass is 608 g/mol. The maximum absolute atomic E-state index is 13.2. The number of aryl methyl sites for hydroxylation is 1. The minimum Gasteiger partial charge on any atom is -0.475 e. The number of anilines is 1. The third-order valence-corrected chi connectivity index (χ3v) is 7.82. The topological polar surface area (TPSA) is 145 Å². The fraction of sp³-hybridized carbons (Fsp3) is 0.321. The van der Waals surface area contributed by atoms with E-state index in [-0.39, 0.29) is 24.4 Å². The maximum Gasteiger partial charge on any atom is 0.490 e. The maximum atomic E-state index is 13.2. The Morgan fingerprint density at radius 1 is 1.07 bits per heavy atom. The Morgan fingerprint density at radius 2 is 1.71 bits per heavy atom. The molecule has 1 fully saturated rings. The Kier molecular flexibility index (Phi) is 10.3. The van der Waals surface area contributed by atoms with E-state index in [9.17, 15) is 31.2 Å². The molecular weight excluding hydrogens is 577 g/mol. The molecular formula is C28H31F3N4O6S. The number of hydrogen-bond acceptors (Lipinski definition) is 6. The number of amides is 2. The number of nitrogens with one attached hydrogen (secondary N) is 3. The van der Waals surface area contributed by atoms with Crippen LogP contribution in [0.4, 0.5) is 18.9 Å². The summed E-state index contributed by atoms with van der Waals surface area (Å²) in [6.07, 6.45) is -3.95. The van der Waals surface area contributed by atoms with E-state index in [2.05, 4.69) is 16.0 Å². The molecule has 4 rings (SSSR count). The molecule has 1 aliphatic rings. The molecule has 0 saturated carbocycles. The van der Waals surface area contributed by atoms with Crippen molar-refractivity contribution in [3.63, 3.8) is 0 Å². The first-order valence-corrected chi connectivity index (χ1v) is 14.6. The molecule has 0 spiro atoms. The summed E-state index contributed by atoms with van der Waals surface area (Å²) in [6, 6.07) is 18.3. The molecule has 4 N–H and O–H groups in total. The van der Waals surface area contributed by atoms with Gasteiger partial charge in [0.15, 0.2) is 0 Å². The summed E-state index contributed by atoms with van der Waals surface area (Å²) in [4.78, 5) is 34.9. The number of carbonyl (C=O) groups excluding carboxylic acids is 2. The highest BCUT2D eigenvalue weighted by Gasteiger charge is 2.38. The van der Waals surface area contributed by atoms with Gasteiger partial charge in [-0.2, -0.15) is 17.5 Å². The molecule has 3 aromatic carbocycles. The van der Waals surface area contributed by atoms with Crippen LogP contribution in [0.15, 0.2) is 60.7 Å². The van der Waals surface area contributed by atoms with Gasteiger partial charge < -0.3 is 21.1 Å². The second kappa shape index (κ2) is 13.3. The van der Waals surface area contributed by atoms with Crippen molar-refractivity contribution in [3.05, 3.63) is 77.4 Å². The van der Waals surface area contributed by atoms with Gasteiger partial charge in [-0.25, -0.2) is 13.2 Å². The lowest BCUT2D eigenvalue weighted by molar-refractivity contribution is -0.192. The summed E-state index contributed by atoms with van der Waals surface area (Å²) in [5.41, 5.74) is 2.74. The van der Waals surface area contributed by atoms with Crippen molar-refractivity contribution < 1.29 is 41.1 Å². The van der Waals surface area contributed by atoms with E-state index < -0.39 is 28.2 Å². The van der Waals surface area contributed by atoms with Gasteiger partial charge in [0.25, 0.3) is 5.91 Å². The number of alkyl halides is 3. The van der Waals surface area contributed by atoms with Crippen LogP contribution in [-0.2, 0) is 19.6 Å². The van der Waals surface area contributed by atoms with Crippen LogP contribution in [0.5, 0.6) is 0 Å². The van der Waals surface area contributed by atoms with Crippen LogP contribution >= 0.6 is 0 Å². The predicted octanol–water partition coefficient (Wildman–Crippen LogP) is 3.44. The van der Waals surface area contributed by atoms with Crippen LogP contribution in [0.25, 0.3) is 10.8 Å². The lowest BCUT2D eigenvalue weighted by Crippen LogP contribution is -2.56. The van der Waals surface area contributed by atoms with Crippen LogP contribution in [0.1, 0.15) is 34.5 Å². The van der Waals surface area contributed by atoms with Gasteiger partial charge in [0.05, 0.1) is 12.3 Å². The first kappa shape index (κ1) is 32.5. The second-order valence-electron chi connectivity index (χ2n) is 9.71. The number of rotatable bonds is 6. The van der Waals surface area contributed by atoms with Gasteiger partial charge in [-0.15, -0.1) is 0 Å². The number of carboxylic acid groups (broad SMARTS) is 1. The standard InChI is InChI=1S/C26H30N4O4S.C2HF3O2/c1-17-11-12-20(29-26(32)24-16-30(14-13-27-24)35(3,33)34)15-23(17)25(31)28-18(2)21-10-6-8-19-7-4-5-9-22(19)21;3-2(4,5)1(6)7/h4-12,15,18,24,27H,13-14,16H2,1-3H3,(H,28,31)(H,29,32);(H,6,7)/t18-,24?;/m1./s1. The van der Waals surface area contributed by atoms with Gasteiger partial charge in [0.1, 0.15) is 6.04 Å². The zero-order valence-electron chi connectivity index (χ0n) is 23.0. The van der Waals surface area contributed by atoms with Crippen molar-refractivity contribution in [2.24, 2.45) is 0 Å². The van der Waals surface area contributed by atoms with E-state index in [1.165, 1.54) is 4.31 Å². The van der Waals surface area contributed by atoms with Crippen LogP contribution in [0.2, 0.25) is 0 Å². The molecule has 0 bridgehead atoms. The molecule has 10 nitrogen and oxygen atoms in total. The fourth-order valence-electron chi connectivity index (χ4n) is 4.35. The minimum atomic E-state index is -5.08.